The maximum absolute atomic E-state index is 13.0. The topological polar surface area (TPSA) is 52.7 Å². The summed E-state index contributed by atoms with van der Waals surface area (Å²) in [6.45, 7) is 1.98. The van der Waals surface area contributed by atoms with Crippen LogP contribution < -0.4 is 5.69 Å². The first-order chi connectivity index (χ1) is 11.3. The molecule has 0 saturated carbocycles. The van der Waals surface area contributed by atoms with Crippen molar-refractivity contribution in [3.8, 4) is 11.6 Å². The highest BCUT2D eigenvalue weighted by Gasteiger charge is 2.16. The van der Waals surface area contributed by atoms with Crippen LogP contribution in [0, 0.1) is 6.92 Å². The van der Waals surface area contributed by atoms with Gasteiger partial charge < -0.3 is 0 Å². The first kappa shape index (κ1) is 13.5. The zero-order chi connectivity index (χ0) is 15.8. The number of pyridine rings is 2. The van der Waals surface area contributed by atoms with Crippen molar-refractivity contribution in [2.24, 2.45) is 0 Å². The van der Waals surface area contributed by atoms with Gasteiger partial charge in [-0.2, -0.15) is 0 Å². The van der Waals surface area contributed by atoms with Gasteiger partial charge in [0.05, 0.1) is 11.0 Å². The second kappa shape index (κ2) is 5.21. The Labute approximate surface area is 132 Å². The predicted octanol–water partition coefficient (Wildman–Crippen LogP) is 2.88. The van der Waals surface area contributed by atoms with E-state index < -0.39 is 0 Å². The third-order valence-electron chi connectivity index (χ3n) is 3.75. The van der Waals surface area contributed by atoms with Gasteiger partial charge in [-0.3, -0.25) is 0 Å². The zero-order valence-corrected chi connectivity index (χ0v) is 12.5. The molecule has 0 radical (unpaired) electrons. The van der Waals surface area contributed by atoms with Crippen molar-refractivity contribution in [3.63, 3.8) is 0 Å². The molecule has 0 unspecified atom stereocenters. The third-order valence-corrected chi connectivity index (χ3v) is 3.75. The largest absolute Gasteiger partial charge is 0.340 e. The van der Waals surface area contributed by atoms with Gasteiger partial charge in [0.15, 0.2) is 0 Å². The molecule has 3 aromatic heterocycles. The standard InChI is InChI=1S/C18H14N4O/c1-13-9-11-20-17(12-13)22-15-7-3-2-6-14(15)21(18(22)23)16-8-4-5-10-19-16/h2-12H,1H3. The third kappa shape index (κ3) is 2.14. The van der Waals surface area contributed by atoms with Crippen LogP contribution in [-0.4, -0.2) is 19.1 Å². The van der Waals surface area contributed by atoms with Gasteiger partial charge in [-0.15, -0.1) is 0 Å². The number of benzene rings is 1. The second-order valence-electron chi connectivity index (χ2n) is 5.32. The smallest absolute Gasteiger partial charge is 0.247 e. The van der Waals surface area contributed by atoms with Crippen LogP contribution in [0.3, 0.4) is 0 Å². The Morgan fingerprint density at radius 1 is 0.783 bits per heavy atom. The fraction of sp³-hybridized carbons (Fsp3) is 0.0556. The molecule has 0 aliphatic rings. The average Bonchev–Trinajstić information content (AvgIpc) is 2.87. The number of nitrogens with zero attached hydrogens (tertiary/aromatic N) is 4. The summed E-state index contributed by atoms with van der Waals surface area (Å²) in [6, 6.07) is 17.0. The van der Waals surface area contributed by atoms with E-state index in [4.69, 9.17) is 0 Å². The molecule has 0 N–H and O–H groups in total. The molecule has 0 atom stereocenters. The Balaban J connectivity index is 2.11. The van der Waals surface area contributed by atoms with Crippen LogP contribution >= 0.6 is 0 Å². The van der Waals surface area contributed by atoms with Gasteiger partial charge in [0.2, 0.25) is 0 Å². The SMILES string of the molecule is Cc1ccnc(-n2c(=O)n(-c3ccccn3)c3ccccc32)c1. The number of hydrogen-bond acceptors (Lipinski definition) is 3. The molecule has 0 fully saturated rings. The van der Waals surface area contributed by atoms with Crippen molar-refractivity contribution >= 4 is 11.0 Å². The van der Waals surface area contributed by atoms with Crippen LogP contribution in [0.4, 0.5) is 0 Å². The van der Waals surface area contributed by atoms with Crippen molar-refractivity contribution in [2.45, 2.75) is 6.92 Å². The Kier molecular flexibility index (Phi) is 3.05. The zero-order valence-electron chi connectivity index (χ0n) is 12.5. The molecule has 0 spiro atoms. The van der Waals surface area contributed by atoms with E-state index in [1.165, 1.54) is 0 Å². The Bertz CT molecular complexity index is 1050. The van der Waals surface area contributed by atoms with Gasteiger partial charge in [0, 0.05) is 12.4 Å². The Hall–Kier alpha value is -3.21. The Morgan fingerprint density at radius 3 is 2.09 bits per heavy atom. The molecule has 0 aliphatic heterocycles. The van der Waals surface area contributed by atoms with E-state index in [0.29, 0.717) is 11.6 Å². The van der Waals surface area contributed by atoms with Crippen molar-refractivity contribution < 1.29 is 0 Å². The van der Waals surface area contributed by atoms with E-state index in [9.17, 15) is 4.79 Å². The molecular formula is C18H14N4O. The van der Waals surface area contributed by atoms with E-state index in [0.717, 1.165) is 16.6 Å². The molecular weight excluding hydrogens is 288 g/mol. The molecule has 0 amide bonds. The van der Waals surface area contributed by atoms with Crippen molar-refractivity contribution in [3.05, 3.63) is 83.0 Å². The van der Waals surface area contributed by atoms with Gasteiger partial charge in [0.1, 0.15) is 11.6 Å². The molecule has 4 aromatic rings. The van der Waals surface area contributed by atoms with E-state index in [-0.39, 0.29) is 5.69 Å². The van der Waals surface area contributed by atoms with Crippen molar-refractivity contribution in [1.82, 2.24) is 19.1 Å². The van der Waals surface area contributed by atoms with Crippen molar-refractivity contribution in [1.29, 1.82) is 0 Å². The van der Waals surface area contributed by atoms with Gasteiger partial charge in [-0.25, -0.2) is 23.9 Å². The second-order valence-corrected chi connectivity index (χ2v) is 5.32. The lowest BCUT2D eigenvalue weighted by Crippen LogP contribution is -2.23. The molecule has 3 heterocycles. The summed E-state index contributed by atoms with van der Waals surface area (Å²) in [5, 5.41) is 0. The van der Waals surface area contributed by atoms with Crippen molar-refractivity contribution in [2.75, 3.05) is 0 Å². The minimum absolute atomic E-state index is 0.178. The van der Waals surface area contributed by atoms with E-state index >= 15 is 0 Å². The molecule has 0 bridgehead atoms. The lowest BCUT2D eigenvalue weighted by molar-refractivity contribution is 0.884. The number of para-hydroxylation sites is 2. The molecule has 5 heteroatoms. The first-order valence-corrected chi connectivity index (χ1v) is 7.32. The quantitative estimate of drug-likeness (QED) is 0.572. The van der Waals surface area contributed by atoms with E-state index in [2.05, 4.69) is 9.97 Å². The summed E-state index contributed by atoms with van der Waals surface area (Å²) < 4.78 is 3.23. The number of imidazole rings is 1. The molecule has 112 valence electrons. The monoisotopic (exact) mass is 302 g/mol. The van der Waals surface area contributed by atoms with Gasteiger partial charge in [-0.05, 0) is 48.9 Å². The number of aryl methyl sites for hydroxylation is 1. The molecule has 23 heavy (non-hydrogen) atoms. The molecule has 4 rings (SSSR count). The first-order valence-electron chi connectivity index (χ1n) is 7.32. The Morgan fingerprint density at radius 2 is 1.43 bits per heavy atom. The summed E-state index contributed by atoms with van der Waals surface area (Å²) in [7, 11) is 0. The highest BCUT2D eigenvalue weighted by atomic mass is 16.1. The van der Waals surface area contributed by atoms with Gasteiger partial charge in [-0.1, -0.05) is 18.2 Å². The molecule has 5 nitrogen and oxygen atoms in total. The van der Waals surface area contributed by atoms with Crippen LogP contribution in [0.5, 0.6) is 0 Å². The average molecular weight is 302 g/mol. The maximum Gasteiger partial charge on any atom is 0.340 e. The maximum atomic E-state index is 13.0. The number of hydrogen-bond donors (Lipinski definition) is 0. The van der Waals surface area contributed by atoms with Crippen LogP contribution in [0.15, 0.2) is 71.8 Å². The fourth-order valence-electron chi connectivity index (χ4n) is 2.72. The number of fused-ring (bicyclic) bond motifs is 1. The van der Waals surface area contributed by atoms with Crippen LogP contribution in [-0.2, 0) is 0 Å². The highest BCUT2D eigenvalue weighted by molar-refractivity contribution is 5.79. The summed E-state index contributed by atoms with van der Waals surface area (Å²) in [4.78, 5) is 21.7. The lowest BCUT2D eigenvalue weighted by Gasteiger charge is -2.02. The number of aromatic nitrogens is 4. The van der Waals surface area contributed by atoms with Gasteiger partial charge in [0.25, 0.3) is 0 Å². The van der Waals surface area contributed by atoms with Gasteiger partial charge >= 0.3 is 5.69 Å². The minimum atomic E-state index is -0.178. The van der Waals surface area contributed by atoms with E-state index in [1.807, 2.05) is 61.5 Å². The molecule has 1 aromatic carbocycles. The summed E-state index contributed by atoms with van der Waals surface area (Å²) in [6.07, 6.45) is 3.39. The minimum Gasteiger partial charge on any atom is -0.247 e. The summed E-state index contributed by atoms with van der Waals surface area (Å²) in [5.74, 6) is 1.21. The highest BCUT2D eigenvalue weighted by Crippen LogP contribution is 2.19. The molecule has 0 saturated heterocycles. The van der Waals surface area contributed by atoms with Crippen LogP contribution in [0.1, 0.15) is 5.56 Å². The normalized spacial score (nSPS) is 11.0. The number of rotatable bonds is 2. The molecule has 0 aliphatic carbocycles. The summed E-state index contributed by atoms with van der Waals surface area (Å²) in [5.41, 5.74) is 2.49. The lowest BCUT2D eigenvalue weighted by atomic mass is 10.3. The van der Waals surface area contributed by atoms with E-state index in [1.54, 1.807) is 21.5 Å². The van der Waals surface area contributed by atoms with Crippen LogP contribution in [0.25, 0.3) is 22.7 Å². The summed E-state index contributed by atoms with van der Waals surface area (Å²) >= 11 is 0. The van der Waals surface area contributed by atoms with Crippen LogP contribution in [0.2, 0.25) is 0 Å². The predicted molar refractivity (Wildman–Crippen MR) is 89.2 cm³/mol. The fourth-order valence-corrected chi connectivity index (χ4v) is 2.72.